The van der Waals surface area contributed by atoms with Gasteiger partial charge in [-0.15, -0.1) is 0 Å². The van der Waals surface area contributed by atoms with E-state index in [0.717, 1.165) is 40.2 Å². The molecule has 2 aromatic heterocycles. The molecule has 10 nitrogen and oxygen atoms in total. The quantitative estimate of drug-likeness (QED) is 0.230. The van der Waals surface area contributed by atoms with E-state index in [1.807, 2.05) is 77.4 Å². The Kier molecular flexibility index (Phi) is 8.23. The number of imidazole rings is 1. The van der Waals surface area contributed by atoms with Gasteiger partial charge in [0.25, 0.3) is 0 Å². The van der Waals surface area contributed by atoms with Crippen LogP contribution in [-0.4, -0.2) is 62.7 Å². The lowest BCUT2D eigenvalue weighted by Gasteiger charge is -2.35. The van der Waals surface area contributed by atoms with Crippen molar-refractivity contribution < 1.29 is 9.53 Å². The van der Waals surface area contributed by atoms with Crippen LogP contribution in [-0.2, 0) is 11.3 Å². The summed E-state index contributed by atoms with van der Waals surface area (Å²) in [6.45, 7) is 4.97. The normalized spacial score (nSPS) is 15.7. The topological polar surface area (TPSA) is 109 Å². The van der Waals surface area contributed by atoms with Crippen molar-refractivity contribution in [1.82, 2.24) is 29.7 Å². The number of fused-ring (bicyclic) bond motifs is 1. The fourth-order valence-electron chi connectivity index (χ4n) is 5.10. The highest BCUT2D eigenvalue weighted by molar-refractivity contribution is 5.81. The molecule has 1 saturated heterocycles. The SMILES string of the molecule is C[C@H](Nc1nccc(-n2cnc3cc(NCC4CNCCN4C(=O)OCc4ccccc4)ccc32)n1)c1ccccc1. The van der Waals surface area contributed by atoms with Crippen molar-refractivity contribution >= 4 is 28.8 Å². The highest BCUT2D eigenvalue weighted by atomic mass is 16.6. The van der Waals surface area contributed by atoms with Gasteiger partial charge in [0.1, 0.15) is 18.8 Å². The molecule has 5 aromatic rings. The third kappa shape index (κ3) is 6.34. The van der Waals surface area contributed by atoms with E-state index in [0.29, 0.717) is 25.6 Å². The van der Waals surface area contributed by atoms with Gasteiger partial charge < -0.3 is 25.6 Å². The summed E-state index contributed by atoms with van der Waals surface area (Å²) in [4.78, 5) is 28.5. The van der Waals surface area contributed by atoms with Crippen LogP contribution in [0.1, 0.15) is 24.1 Å². The number of carbonyl (C=O) groups is 1. The van der Waals surface area contributed by atoms with Crippen molar-refractivity contribution in [3.8, 4) is 5.82 Å². The molecule has 1 aliphatic heterocycles. The number of aromatic nitrogens is 4. The molecule has 0 radical (unpaired) electrons. The van der Waals surface area contributed by atoms with E-state index < -0.39 is 0 Å². The number of benzene rings is 3. The minimum Gasteiger partial charge on any atom is -0.445 e. The van der Waals surface area contributed by atoms with E-state index in [1.165, 1.54) is 0 Å². The first-order valence-corrected chi connectivity index (χ1v) is 14.2. The number of ether oxygens (including phenoxy) is 1. The highest BCUT2D eigenvalue weighted by Crippen LogP contribution is 2.23. The first-order chi connectivity index (χ1) is 20.6. The first-order valence-electron chi connectivity index (χ1n) is 14.2. The summed E-state index contributed by atoms with van der Waals surface area (Å²) in [5.41, 5.74) is 4.84. The van der Waals surface area contributed by atoms with Gasteiger partial charge in [0.15, 0.2) is 0 Å². The molecule has 3 heterocycles. The minimum atomic E-state index is -0.293. The average molecular weight is 563 g/mol. The van der Waals surface area contributed by atoms with Gasteiger partial charge in [-0.1, -0.05) is 60.7 Å². The summed E-state index contributed by atoms with van der Waals surface area (Å²) in [7, 11) is 0. The Morgan fingerprint density at radius 2 is 1.86 bits per heavy atom. The molecule has 42 heavy (non-hydrogen) atoms. The van der Waals surface area contributed by atoms with Gasteiger partial charge in [0.05, 0.1) is 23.1 Å². The Balaban J connectivity index is 1.10. The van der Waals surface area contributed by atoms with E-state index in [1.54, 1.807) is 17.4 Å². The molecule has 1 unspecified atom stereocenters. The van der Waals surface area contributed by atoms with Gasteiger partial charge in [0.2, 0.25) is 5.95 Å². The molecule has 214 valence electrons. The molecule has 0 saturated carbocycles. The summed E-state index contributed by atoms with van der Waals surface area (Å²) >= 11 is 0. The van der Waals surface area contributed by atoms with Crippen LogP contribution >= 0.6 is 0 Å². The molecule has 0 spiro atoms. The third-order valence-corrected chi connectivity index (χ3v) is 7.41. The second-order valence-electron chi connectivity index (χ2n) is 10.3. The maximum Gasteiger partial charge on any atom is 0.410 e. The maximum absolute atomic E-state index is 12.9. The highest BCUT2D eigenvalue weighted by Gasteiger charge is 2.27. The second-order valence-corrected chi connectivity index (χ2v) is 10.3. The Bertz CT molecular complexity index is 1630. The Labute approximate surface area is 244 Å². The Morgan fingerprint density at radius 3 is 2.69 bits per heavy atom. The molecule has 0 bridgehead atoms. The number of amides is 1. The Morgan fingerprint density at radius 1 is 1.05 bits per heavy atom. The predicted molar refractivity (Wildman–Crippen MR) is 164 cm³/mol. The van der Waals surface area contributed by atoms with Crippen molar-refractivity contribution in [2.45, 2.75) is 25.6 Å². The molecule has 2 atom stereocenters. The van der Waals surface area contributed by atoms with Crippen LogP contribution < -0.4 is 16.0 Å². The van der Waals surface area contributed by atoms with Crippen LogP contribution in [0.3, 0.4) is 0 Å². The summed E-state index contributed by atoms with van der Waals surface area (Å²) in [5, 5.41) is 10.3. The molecular formula is C32H34N8O2. The lowest BCUT2D eigenvalue weighted by molar-refractivity contribution is 0.0747. The summed E-state index contributed by atoms with van der Waals surface area (Å²) in [6, 6.07) is 27.9. The first kappa shape index (κ1) is 27.2. The van der Waals surface area contributed by atoms with Crippen molar-refractivity contribution in [2.75, 3.05) is 36.8 Å². The average Bonchev–Trinajstić information content (AvgIpc) is 3.47. The van der Waals surface area contributed by atoms with Crippen LogP contribution in [0.25, 0.3) is 16.9 Å². The zero-order valence-electron chi connectivity index (χ0n) is 23.5. The number of nitrogens with one attached hydrogen (secondary N) is 3. The van der Waals surface area contributed by atoms with Crippen molar-refractivity contribution in [3.05, 3.63) is 109 Å². The van der Waals surface area contributed by atoms with Crippen LogP contribution in [0.5, 0.6) is 0 Å². The molecule has 6 rings (SSSR count). The molecule has 1 fully saturated rings. The Hall–Kier alpha value is -4.96. The van der Waals surface area contributed by atoms with Gasteiger partial charge in [-0.25, -0.2) is 14.8 Å². The molecule has 1 amide bonds. The second kappa shape index (κ2) is 12.7. The van der Waals surface area contributed by atoms with E-state index in [-0.39, 0.29) is 24.8 Å². The maximum atomic E-state index is 12.9. The fraction of sp³-hybridized carbons (Fsp3) is 0.250. The minimum absolute atomic E-state index is 0.0412. The molecule has 1 aliphatic rings. The van der Waals surface area contributed by atoms with Crippen LogP contribution in [0.2, 0.25) is 0 Å². The largest absolute Gasteiger partial charge is 0.445 e. The lowest BCUT2D eigenvalue weighted by Crippen LogP contribution is -2.56. The van der Waals surface area contributed by atoms with Crippen LogP contribution in [0.15, 0.2) is 97.5 Å². The summed E-state index contributed by atoms with van der Waals surface area (Å²) in [5.74, 6) is 1.28. The van der Waals surface area contributed by atoms with Crippen LogP contribution in [0.4, 0.5) is 16.4 Å². The number of nitrogens with zero attached hydrogens (tertiary/aromatic N) is 5. The molecule has 3 aromatic carbocycles. The van der Waals surface area contributed by atoms with Gasteiger partial charge in [0, 0.05) is 38.1 Å². The van der Waals surface area contributed by atoms with Gasteiger partial charge >= 0.3 is 6.09 Å². The van der Waals surface area contributed by atoms with Crippen LogP contribution in [0, 0.1) is 0 Å². The molecule has 0 aliphatic carbocycles. The molecule has 3 N–H and O–H groups in total. The smallest absolute Gasteiger partial charge is 0.410 e. The number of rotatable bonds is 9. The van der Waals surface area contributed by atoms with E-state index in [9.17, 15) is 4.79 Å². The molecule has 10 heteroatoms. The number of anilines is 2. The number of hydrogen-bond donors (Lipinski definition) is 3. The van der Waals surface area contributed by atoms with E-state index in [2.05, 4.69) is 45.0 Å². The van der Waals surface area contributed by atoms with Crippen molar-refractivity contribution in [1.29, 1.82) is 0 Å². The number of carbonyl (C=O) groups excluding carboxylic acids is 1. The van der Waals surface area contributed by atoms with Crippen molar-refractivity contribution in [3.63, 3.8) is 0 Å². The standard InChI is InChI=1S/C32H34N8O2/c1-23(25-10-6-3-7-11-25)37-31-34-15-14-30(38-31)40-22-36-28-18-26(12-13-29(28)40)35-20-27-19-33-16-17-39(27)32(41)42-21-24-8-4-2-5-9-24/h2-15,18,22-23,27,33,35H,16-17,19-21H2,1H3,(H,34,37,38)/t23-,27?/m0/s1. The number of piperazine rings is 1. The lowest BCUT2D eigenvalue weighted by atomic mass is 10.1. The fourth-order valence-corrected chi connectivity index (χ4v) is 5.10. The van der Waals surface area contributed by atoms with Gasteiger partial charge in [-0.05, 0) is 42.3 Å². The summed E-state index contributed by atoms with van der Waals surface area (Å²) in [6.07, 6.45) is 3.23. The van der Waals surface area contributed by atoms with Gasteiger partial charge in [-0.2, -0.15) is 4.98 Å². The summed E-state index contributed by atoms with van der Waals surface area (Å²) < 4.78 is 7.56. The zero-order valence-corrected chi connectivity index (χ0v) is 23.5. The van der Waals surface area contributed by atoms with Gasteiger partial charge in [-0.3, -0.25) is 4.57 Å². The third-order valence-electron chi connectivity index (χ3n) is 7.41. The monoisotopic (exact) mass is 562 g/mol. The molecular weight excluding hydrogens is 528 g/mol. The van der Waals surface area contributed by atoms with E-state index >= 15 is 0 Å². The van der Waals surface area contributed by atoms with E-state index in [4.69, 9.17) is 9.72 Å². The number of hydrogen-bond acceptors (Lipinski definition) is 8. The predicted octanol–water partition coefficient (Wildman–Crippen LogP) is 5.01. The zero-order chi connectivity index (χ0) is 28.7. The van der Waals surface area contributed by atoms with Crippen molar-refractivity contribution in [2.24, 2.45) is 0 Å².